The van der Waals surface area contributed by atoms with Crippen molar-refractivity contribution in [2.24, 2.45) is 0 Å². The van der Waals surface area contributed by atoms with Crippen LogP contribution in [0.3, 0.4) is 0 Å². The second-order valence-corrected chi connectivity index (χ2v) is 7.71. The van der Waals surface area contributed by atoms with Gasteiger partial charge >= 0.3 is 18.0 Å². The molecule has 0 aromatic heterocycles. The van der Waals surface area contributed by atoms with Crippen LogP contribution in [0.2, 0.25) is 0 Å². The lowest BCUT2D eigenvalue weighted by Crippen LogP contribution is -2.43. The van der Waals surface area contributed by atoms with Crippen molar-refractivity contribution in [1.82, 2.24) is 5.32 Å². The first-order valence-corrected chi connectivity index (χ1v) is 10.6. The number of carbonyl (C=O) groups is 3. The molecular weight excluding hydrogens is 422 g/mol. The average Bonchev–Trinajstić information content (AvgIpc) is 3.15. The highest BCUT2D eigenvalue weighted by molar-refractivity contribution is 5.85. The SMILES string of the molecule is O=C(C[C@H](NC(=O)OCC1c2ccccc2-c2ccccc21)C(=O)O)OCc1ccccc1. The smallest absolute Gasteiger partial charge is 0.407 e. The fourth-order valence-corrected chi connectivity index (χ4v) is 3.95. The Labute approximate surface area is 191 Å². The first-order chi connectivity index (χ1) is 16.0. The summed E-state index contributed by atoms with van der Waals surface area (Å²) in [7, 11) is 0. The molecule has 0 bridgehead atoms. The molecule has 33 heavy (non-hydrogen) atoms. The summed E-state index contributed by atoms with van der Waals surface area (Å²) in [5.41, 5.74) is 5.05. The summed E-state index contributed by atoms with van der Waals surface area (Å²) >= 11 is 0. The molecule has 0 fully saturated rings. The highest BCUT2D eigenvalue weighted by Gasteiger charge is 2.30. The zero-order valence-electron chi connectivity index (χ0n) is 17.8. The number of hydrogen-bond donors (Lipinski definition) is 2. The molecule has 1 aliphatic rings. The molecule has 1 aliphatic carbocycles. The van der Waals surface area contributed by atoms with E-state index in [9.17, 15) is 19.5 Å². The van der Waals surface area contributed by atoms with Crippen LogP contribution in [0.25, 0.3) is 11.1 Å². The van der Waals surface area contributed by atoms with E-state index in [2.05, 4.69) is 5.32 Å². The van der Waals surface area contributed by atoms with Crippen LogP contribution in [0.1, 0.15) is 29.0 Å². The molecule has 3 aromatic rings. The number of carbonyl (C=O) groups excluding carboxylic acids is 2. The second-order valence-electron chi connectivity index (χ2n) is 7.71. The summed E-state index contributed by atoms with van der Waals surface area (Å²) in [4.78, 5) is 36.0. The summed E-state index contributed by atoms with van der Waals surface area (Å²) in [6, 6.07) is 23.4. The van der Waals surface area contributed by atoms with Crippen LogP contribution in [-0.2, 0) is 25.7 Å². The zero-order chi connectivity index (χ0) is 23.2. The molecule has 0 saturated heterocycles. The minimum Gasteiger partial charge on any atom is -0.480 e. The number of carboxylic acids is 1. The number of amides is 1. The van der Waals surface area contributed by atoms with Crippen LogP contribution in [-0.4, -0.2) is 35.8 Å². The van der Waals surface area contributed by atoms with Crippen molar-refractivity contribution in [2.45, 2.75) is 25.0 Å². The molecule has 3 aromatic carbocycles. The van der Waals surface area contributed by atoms with Gasteiger partial charge in [-0.3, -0.25) is 4.79 Å². The van der Waals surface area contributed by atoms with Gasteiger partial charge in [-0.1, -0.05) is 78.9 Å². The Hall–Kier alpha value is -4.13. The first-order valence-electron chi connectivity index (χ1n) is 10.6. The number of nitrogens with one attached hydrogen (secondary N) is 1. The van der Waals surface area contributed by atoms with Crippen LogP contribution >= 0.6 is 0 Å². The van der Waals surface area contributed by atoms with Crippen molar-refractivity contribution >= 4 is 18.0 Å². The molecule has 0 saturated carbocycles. The van der Waals surface area contributed by atoms with Crippen LogP contribution in [0.15, 0.2) is 78.9 Å². The number of hydrogen-bond acceptors (Lipinski definition) is 5. The lowest BCUT2D eigenvalue weighted by atomic mass is 9.98. The predicted molar refractivity (Wildman–Crippen MR) is 120 cm³/mol. The first kappa shape index (κ1) is 22.1. The maximum atomic E-state index is 12.4. The van der Waals surface area contributed by atoms with E-state index in [0.29, 0.717) is 0 Å². The van der Waals surface area contributed by atoms with Crippen LogP contribution in [0, 0.1) is 0 Å². The van der Waals surface area contributed by atoms with Crippen molar-refractivity contribution in [3.8, 4) is 11.1 Å². The quantitative estimate of drug-likeness (QED) is 0.506. The number of aliphatic carboxylic acids is 1. The number of esters is 1. The molecule has 0 heterocycles. The summed E-state index contributed by atoms with van der Waals surface area (Å²) in [5.74, 6) is -2.23. The van der Waals surface area contributed by atoms with Gasteiger partial charge in [-0.05, 0) is 27.8 Å². The van der Waals surface area contributed by atoms with Crippen LogP contribution in [0.4, 0.5) is 4.79 Å². The van der Waals surface area contributed by atoms with Crippen LogP contribution in [0.5, 0.6) is 0 Å². The Bertz CT molecular complexity index is 1110. The lowest BCUT2D eigenvalue weighted by Gasteiger charge is -2.17. The lowest BCUT2D eigenvalue weighted by molar-refractivity contribution is -0.150. The third-order valence-electron chi connectivity index (χ3n) is 5.55. The summed E-state index contributed by atoms with van der Waals surface area (Å²) in [6.07, 6.45) is -1.41. The molecule has 168 valence electrons. The number of ether oxygens (including phenoxy) is 2. The van der Waals surface area contributed by atoms with Crippen molar-refractivity contribution in [3.63, 3.8) is 0 Å². The molecule has 4 rings (SSSR count). The van der Waals surface area contributed by atoms with E-state index in [4.69, 9.17) is 9.47 Å². The van der Waals surface area contributed by atoms with Crippen molar-refractivity contribution in [3.05, 3.63) is 95.6 Å². The normalized spacial score (nSPS) is 12.8. The molecule has 7 nitrogen and oxygen atoms in total. The van der Waals surface area contributed by atoms with Gasteiger partial charge in [0.1, 0.15) is 19.3 Å². The van der Waals surface area contributed by atoms with E-state index in [1.807, 2.05) is 66.7 Å². The Morgan fingerprint density at radius 1 is 0.818 bits per heavy atom. The molecule has 0 aliphatic heterocycles. The standard InChI is InChI=1S/C26H23NO6/c28-24(32-15-17-8-2-1-3-9-17)14-23(25(29)30)27-26(31)33-16-22-20-12-6-4-10-18(20)19-11-5-7-13-21(19)22/h1-13,22-23H,14-16H2,(H,27,31)(H,29,30)/t23-/m0/s1. The maximum Gasteiger partial charge on any atom is 0.407 e. The molecular formula is C26H23NO6. The molecule has 0 spiro atoms. The Morgan fingerprint density at radius 2 is 1.39 bits per heavy atom. The zero-order valence-corrected chi connectivity index (χ0v) is 17.8. The van der Waals surface area contributed by atoms with Gasteiger partial charge in [0.05, 0.1) is 6.42 Å². The number of alkyl carbamates (subject to hydrolysis) is 1. The van der Waals surface area contributed by atoms with E-state index in [1.165, 1.54) is 0 Å². The topological polar surface area (TPSA) is 102 Å². The number of carboxylic acid groups (broad SMARTS) is 1. The van der Waals surface area contributed by atoms with Crippen LogP contribution < -0.4 is 5.32 Å². The van der Waals surface area contributed by atoms with Gasteiger partial charge in [0.25, 0.3) is 0 Å². The molecule has 1 amide bonds. The minimum absolute atomic E-state index is 0.0248. The molecule has 2 N–H and O–H groups in total. The minimum atomic E-state index is -1.45. The fourth-order valence-electron chi connectivity index (χ4n) is 3.95. The predicted octanol–water partition coefficient (Wildman–Crippen LogP) is 4.11. The Kier molecular flexibility index (Phi) is 6.69. The molecule has 0 unspecified atom stereocenters. The fraction of sp³-hybridized carbons (Fsp3) is 0.192. The van der Waals surface area contributed by atoms with Gasteiger partial charge in [-0.15, -0.1) is 0 Å². The highest BCUT2D eigenvalue weighted by Crippen LogP contribution is 2.44. The third kappa shape index (κ3) is 5.20. The molecule has 1 atom stereocenters. The summed E-state index contributed by atoms with van der Waals surface area (Å²) in [6.45, 7) is 0.0710. The van der Waals surface area contributed by atoms with Crippen molar-refractivity contribution in [2.75, 3.05) is 6.61 Å². The Balaban J connectivity index is 1.33. The highest BCUT2D eigenvalue weighted by atomic mass is 16.6. The van der Waals surface area contributed by atoms with E-state index >= 15 is 0 Å². The van der Waals surface area contributed by atoms with Gasteiger partial charge in [0, 0.05) is 5.92 Å². The molecule has 0 radical (unpaired) electrons. The largest absolute Gasteiger partial charge is 0.480 e. The number of fused-ring (bicyclic) bond motifs is 3. The summed E-state index contributed by atoms with van der Waals surface area (Å²) in [5, 5.41) is 11.7. The van der Waals surface area contributed by atoms with E-state index in [1.54, 1.807) is 12.1 Å². The van der Waals surface area contributed by atoms with Gasteiger partial charge in [0.2, 0.25) is 0 Å². The van der Waals surface area contributed by atoms with E-state index in [0.717, 1.165) is 27.8 Å². The summed E-state index contributed by atoms with van der Waals surface area (Å²) < 4.78 is 10.5. The van der Waals surface area contributed by atoms with Gasteiger partial charge < -0.3 is 19.9 Å². The van der Waals surface area contributed by atoms with Crippen molar-refractivity contribution < 1.29 is 29.0 Å². The molecule has 7 heteroatoms. The monoisotopic (exact) mass is 445 g/mol. The van der Waals surface area contributed by atoms with E-state index < -0.39 is 30.5 Å². The van der Waals surface area contributed by atoms with Gasteiger partial charge in [-0.2, -0.15) is 0 Å². The average molecular weight is 445 g/mol. The third-order valence-corrected chi connectivity index (χ3v) is 5.55. The van der Waals surface area contributed by atoms with Gasteiger partial charge in [-0.25, -0.2) is 9.59 Å². The number of rotatable bonds is 8. The second kappa shape index (κ2) is 9.99. The van der Waals surface area contributed by atoms with E-state index in [-0.39, 0.29) is 19.1 Å². The Morgan fingerprint density at radius 3 is 2.00 bits per heavy atom. The van der Waals surface area contributed by atoms with Crippen molar-refractivity contribution in [1.29, 1.82) is 0 Å². The number of benzene rings is 3. The van der Waals surface area contributed by atoms with Gasteiger partial charge in [0.15, 0.2) is 0 Å². The maximum absolute atomic E-state index is 12.4.